The minimum Gasteiger partial charge on any atom is -0.497 e. The predicted octanol–water partition coefficient (Wildman–Crippen LogP) is 2.19. The van der Waals surface area contributed by atoms with Crippen LogP contribution >= 0.6 is 0 Å². The second kappa shape index (κ2) is 7.24. The van der Waals surface area contributed by atoms with Gasteiger partial charge in [-0.2, -0.15) is 0 Å². The average Bonchev–Trinajstić information content (AvgIpc) is 3.27. The zero-order chi connectivity index (χ0) is 17.0. The van der Waals surface area contributed by atoms with Gasteiger partial charge in [0.15, 0.2) is 0 Å². The van der Waals surface area contributed by atoms with E-state index in [0.29, 0.717) is 19.4 Å². The van der Waals surface area contributed by atoms with Gasteiger partial charge in [0.2, 0.25) is 11.8 Å². The van der Waals surface area contributed by atoms with E-state index in [1.165, 1.54) is 12.8 Å². The van der Waals surface area contributed by atoms with Crippen LogP contribution in [0.1, 0.15) is 44.1 Å². The highest BCUT2D eigenvalue weighted by molar-refractivity contribution is 6.07. The number of hydrogen-bond donors (Lipinski definition) is 2. The lowest BCUT2D eigenvalue weighted by Gasteiger charge is -2.18. The van der Waals surface area contributed by atoms with Crippen molar-refractivity contribution in [3.05, 3.63) is 29.8 Å². The number of ether oxygens (including phenoxy) is 1. The van der Waals surface area contributed by atoms with Gasteiger partial charge >= 0.3 is 0 Å². The molecule has 0 unspecified atom stereocenters. The molecule has 5 nitrogen and oxygen atoms in total. The topological polar surface area (TPSA) is 67.4 Å². The number of rotatable bonds is 7. The first-order valence-corrected chi connectivity index (χ1v) is 8.86. The fourth-order valence-electron chi connectivity index (χ4n) is 3.39. The summed E-state index contributed by atoms with van der Waals surface area (Å²) in [6, 6.07) is 8.07. The van der Waals surface area contributed by atoms with Crippen LogP contribution in [0.5, 0.6) is 5.75 Å². The molecule has 2 aliphatic rings. The van der Waals surface area contributed by atoms with Gasteiger partial charge in [-0.15, -0.1) is 0 Å². The normalized spacial score (nSPS) is 18.9. The maximum absolute atomic E-state index is 12.5. The van der Waals surface area contributed by atoms with Gasteiger partial charge in [0.1, 0.15) is 11.2 Å². The molecule has 2 aliphatic carbocycles. The van der Waals surface area contributed by atoms with Gasteiger partial charge in [0.05, 0.1) is 7.11 Å². The molecule has 130 valence electrons. The monoisotopic (exact) mass is 330 g/mol. The van der Waals surface area contributed by atoms with Crippen molar-refractivity contribution in [1.29, 1.82) is 0 Å². The molecule has 0 atom stereocenters. The molecule has 5 heteroatoms. The summed E-state index contributed by atoms with van der Waals surface area (Å²) in [7, 11) is 1.64. The lowest BCUT2D eigenvalue weighted by atomic mass is 10.0. The van der Waals surface area contributed by atoms with Crippen molar-refractivity contribution in [3.8, 4) is 5.75 Å². The Bertz CT molecular complexity index is 604. The fraction of sp³-hybridized carbons (Fsp3) is 0.579. The fourth-order valence-corrected chi connectivity index (χ4v) is 3.39. The van der Waals surface area contributed by atoms with Crippen LogP contribution in [0.3, 0.4) is 0 Å². The summed E-state index contributed by atoms with van der Waals surface area (Å²) in [6.07, 6.45) is 6.48. The third-order valence-electron chi connectivity index (χ3n) is 5.14. The van der Waals surface area contributed by atoms with Crippen molar-refractivity contribution in [3.63, 3.8) is 0 Å². The van der Waals surface area contributed by atoms with E-state index in [2.05, 4.69) is 10.6 Å². The lowest BCUT2D eigenvalue weighted by Crippen LogP contribution is -2.46. The van der Waals surface area contributed by atoms with E-state index >= 15 is 0 Å². The zero-order valence-corrected chi connectivity index (χ0v) is 14.3. The first-order valence-electron chi connectivity index (χ1n) is 8.86. The number of nitrogens with one attached hydrogen (secondary N) is 2. The Kier molecular flexibility index (Phi) is 5.07. The molecule has 0 bridgehead atoms. The van der Waals surface area contributed by atoms with Crippen LogP contribution in [0.4, 0.5) is 0 Å². The minimum absolute atomic E-state index is 0.0757. The van der Waals surface area contributed by atoms with Crippen LogP contribution < -0.4 is 15.4 Å². The van der Waals surface area contributed by atoms with Crippen molar-refractivity contribution in [2.45, 2.75) is 51.0 Å². The molecule has 24 heavy (non-hydrogen) atoms. The van der Waals surface area contributed by atoms with Gasteiger partial charge in [-0.25, -0.2) is 0 Å². The molecule has 0 saturated heterocycles. The van der Waals surface area contributed by atoms with Crippen molar-refractivity contribution < 1.29 is 14.3 Å². The number of carbonyl (C=O) groups is 2. The maximum atomic E-state index is 12.5. The van der Waals surface area contributed by atoms with Gasteiger partial charge < -0.3 is 15.4 Å². The second-order valence-corrected chi connectivity index (χ2v) is 6.89. The summed E-state index contributed by atoms with van der Waals surface area (Å²) in [5.41, 5.74) is 0.298. The molecule has 2 fully saturated rings. The molecule has 0 spiro atoms. The van der Waals surface area contributed by atoms with Crippen LogP contribution in [0.25, 0.3) is 0 Å². The third kappa shape index (κ3) is 3.71. The zero-order valence-electron chi connectivity index (χ0n) is 14.3. The second-order valence-electron chi connectivity index (χ2n) is 6.89. The van der Waals surface area contributed by atoms with Gasteiger partial charge in [-0.1, -0.05) is 25.0 Å². The molecule has 0 aliphatic heterocycles. The first-order chi connectivity index (χ1) is 11.6. The van der Waals surface area contributed by atoms with Gasteiger partial charge in [-0.05, 0) is 49.8 Å². The summed E-state index contributed by atoms with van der Waals surface area (Å²) in [6.45, 7) is 0.532. The van der Waals surface area contributed by atoms with Crippen molar-refractivity contribution >= 4 is 11.8 Å². The standard InChI is InChI=1S/C19H26N2O3/c1-24-16-8-4-5-14(13-16)9-12-20-17(22)19(10-11-19)18(23)21-15-6-2-3-7-15/h4-5,8,13,15H,2-3,6-7,9-12H2,1H3,(H,20,22)(H,21,23). The Morgan fingerprint density at radius 3 is 2.62 bits per heavy atom. The van der Waals surface area contributed by atoms with E-state index in [4.69, 9.17) is 4.74 Å². The summed E-state index contributed by atoms with van der Waals surface area (Å²) in [5, 5.41) is 6.01. The molecule has 0 heterocycles. The molecule has 0 aromatic heterocycles. The van der Waals surface area contributed by atoms with E-state index in [1.54, 1.807) is 7.11 Å². The van der Waals surface area contributed by atoms with Gasteiger partial charge in [0, 0.05) is 12.6 Å². The van der Waals surface area contributed by atoms with Gasteiger partial charge in [-0.3, -0.25) is 9.59 Å². The van der Waals surface area contributed by atoms with Crippen LogP contribution in [0.2, 0.25) is 0 Å². The molecule has 2 N–H and O–H groups in total. The van der Waals surface area contributed by atoms with E-state index in [9.17, 15) is 9.59 Å². The highest BCUT2D eigenvalue weighted by Crippen LogP contribution is 2.46. The third-order valence-corrected chi connectivity index (χ3v) is 5.14. The molecule has 2 amide bonds. The molecular formula is C19H26N2O3. The average molecular weight is 330 g/mol. The van der Waals surface area contributed by atoms with Crippen LogP contribution in [-0.2, 0) is 16.0 Å². The quantitative estimate of drug-likeness (QED) is 0.753. The van der Waals surface area contributed by atoms with Crippen molar-refractivity contribution in [2.24, 2.45) is 5.41 Å². The molecule has 1 aromatic rings. The first kappa shape index (κ1) is 16.8. The highest BCUT2D eigenvalue weighted by Gasteiger charge is 2.56. The van der Waals surface area contributed by atoms with Crippen LogP contribution in [0.15, 0.2) is 24.3 Å². The Labute approximate surface area is 143 Å². The van der Waals surface area contributed by atoms with E-state index in [-0.39, 0.29) is 17.9 Å². The Balaban J connectivity index is 1.48. The Morgan fingerprint density at radius 1 is 1.21 bits per heavy atom. The maximum Gasteiger partial charge on any atom is 0.235 e. The molecular weight excluding hydrogens is 304 g/mol. The van der Waals surface area contributed by atoms with E-state index in [0.717, 1.165) is 30.6 Å². The largest absolute Gasteiger partial charge is 0.497 e. The summed E-state index contributed by atoms with van der Waals surface area (Å²) in [5.74, 6) is 0.614. The summed E-state index contributed by atoms with van der Waals surface area (Å²) in [4.78, 5) is 24.9. The Hall–Kier alpha value is -2.04. The number of benzene rings is 1. The van der Waals surface area contributed by atoms with Crippen LogP contribution in [0, 0.1) is 5.41 Å². The number of amides is 2. The minimum atomic E-state index is -0.809. The SMILES string of the molecule is COc1cccc(CCNC(=O)C2(C(=O)NC3CCCC3)CC2)c1. The molecule has 0 radical (unpaired) electrons. The highest BCUT2D eigenvalue weighted by atomic mass is 16.5. The van der Waals surface area contributed by atoms with Crippen molar-refractivity contribution in [1.82, 2.24) is 10.6 Å². The molecule has 2 saturated carbocycles. The van der Waals surface area contributed by atoms with Gasteiger partial charge in [0.25, 0.3) is 0 Å². The predicted molar refractivity (Wildman–Crippen MR) is 91.8 cm³/mol. The summed E-state index contributed by atoms with van der Waals surface area (Å²) >= 11 is 0. The smallest absolute Gasteiger partial charge is 0.235 e. The Morgan fingerprint density at radius 2 is 1.96 bits per heavy atom. The lowest BCUT2D eigenvalue weighted by molar-refractivity contribution is -0.137. The number of methoxy groups -OCH3 is 1. The van der Waals surface area contributed by atoms with E-state index < -0.39 is 5.41 Å². The van der Waals surface area contributed by atoms with Crippen molar-refractivity contribution in [2.75, 3.05) is 13.7 Å². The number of hydrogen-bond acceptors (Lipinski definition) is 3. The molecule has 1 aromatic carbocycles. The molecule has 3 rings (SSSR count). The van der Waals surface area contributed by atoms with E-state index in [1.807, 2.05) is 24.3 Å². The number of carbonyl (C=O) groups excluding carboxylic acids is 2. The summed E-state index contributed by atoms with van der Waals surface area (Å²) < 4.78 is 5.20. The van der Waals surface area contributed by atoms with Crippen LogP contribution in [-0.4, -0.2) is 31.5 Å².